The molecule has 0 fully saturated rings. The van der Waals surface area contributed by atoms with Crippen molar-refractivity contribution in [3.8, 4) is 27.9 Å². The Morgan fingerprint density at radius 3 is 1.58 bits per heavy atom. The summed E-state index contributed by atoms with van der Waals surface area (Å²) in [5, 5.41) is 12.0. The standard InChI is InChI=1S/C44H28INO2/c1-2-3-11-27-16-10-17-34(45)42(27)46-43(47)40-32-22-30(24-12-6-4-7-13-24)28-20-18-26-19-21-29-31(25-14-8-5-9-15-25)23-33(41(40)44(46)48)39-37(29)35(26)36(28)38(32)39/h4-10,12-23H,2-3,11H2,1H3. The molecule has 10 aromatic rings. The van der Waals surface area contributed by atoms with Crippen molar-refractivity contribution in [1.29, 1.82) is 0 Å². The minimum atomic E-state index is -0.235. The van der Waals surface area contributed by atoms with Gasteiger partial charge in [-0.3, -0.25) is 9.59 Å². The highest BCUT2D eigenvalue weighted by Gasteiger charge is 2.30. The second-order valence-corrected chi connectivity index (χ2v) is 14.2. The fourth-order valence-electron chi connectivity index (χ4n) is 8.48. The fraction of sp³-hybridized carbons (Fsp3) is 0.0909. The molecule has 0 amide bonds. The lowest BCUT2D eigenvalue weighted by molar-refractivity contribution is 0.785. The van der Waals surface area contributed by atoms with Crippen LogP contribution in [0.4, 0.5) is 0 Å². The summed E-state index contributed by atoms with van der Waals surface area (Å²) in [4.78, 5) is 30.1. The molecule has 0 saturated carbocycles. The van der Waals surface area contributed by atoms with Crippen LogP contribution in [0.3, 0.4) is 0 Å². The summed E-state index contributed by atoms with van der Waals surface area (Å²) < 4.78 is 2.40. The van der Waals surface area contributed by atoms with Gasteiger partial charge in [-0.1, -0.05) is 110 Å². The van der Waals surface area contributed by atoms with Crippen molar-refractivity contribution < 1.29 is 0 Å². The number of aromatic nitrogens is 1. The zero-order valence-electron chi connectivity index (χ0n) is 26.2. The maximum absolute atomic E-state index is 15.0. The van der Waals surface area contributed by atoms with Gasteiger partial charge >= 0.3 is 0 Å². The van der Waals surface area contributed by atoms with E-state index in [4.69, 9.17) is 0 Å². The van der Waals surface area contributed by atoms with Crippen molar-refractivity contribution in [1.82, 2.24) is 4.57 Å². The van der Waals surface area contributed by atoms with Crippen molar-refractivity contribution in [3.63, 3.8) is 0 Å². The molecular formula is C44H28INO2. The predicted molar refractivity (Wildman–Crippen MR) is 210 cm³/mol. The predicted octanol–water partition coefficient (Wildman–Crippen LogP) is 11.1. The smallest absolute Gasteiger partial charge is 0.266 e. The highest BCUT2D eigenvalue weighted by atomic mass is 127. The van der Waals surface area contributed by atoms with Gasteiger partial charge < -0.3 is 0 Å². The number of aryl methyl sites for hydroxylation is 1. The lowest BCUT2D eigenvalue weighted by Gasteiger charge is -2.12. The van der Waals surface area contributed by atoms with Crippen molar-refractivity contribution in [2.24, 2.45) is 0 Å². The first-order valence-electron chi connectivity index (χ1n) is 16.6. The van der Waals surface area contributed by atoms with Gasteiger partial charge in [-0.25, -0.2) is 4.57 Å². The van der Waals surface area contributed by atoms with E-state index in [-0.39, 0.29) is 11.1 Å². The summed E-state index contributed by atoms with van der Waals surface area (Å²) in [5.74, 6) is 0. The lowest BCUT2D eigenvalue weighted by atomic mass is 9.89. The Kier molecular flexibility index (Phi) is 5.96. The highest BCUT2D eigenvalue weighted by molar-refractivity contribution is 14.1. The maximum atomic E-state index is 15.0. The van der Waals surface area contributed by atoms with E-state index in [1.807, 2.05) is 24.3 Å². The van der Waals surface area contributed by atoms with E-state index in [1.54, 1.807) is 0 Å². The number of benzene rings is 8. The summed E-state index contributed by atoms with van der Waals surface area (Å²) in [6, 6.07) is 40.2. The Bertz CT molecular complexity index is 2800. The molecule has 10 rings (SSSR count). The minimum absolute atomic E-state index is 0.235. The topological polar surface area (TPSA) is 39.1 Å². The molecule has 228 valence electrons. The Morgan fingerprint density at radius 1 is 0.542 bits per heavy atom. The first kappa shape index (κ1) is 28.0. The Morgan fingerprint density at radius 2 is 1.06 bits per heavy atom. The summed E-state index contributed by atoms with van der Waals surface area (Å²) in [5.41, 5.74) is 5.63. The molecule has 0 aliphatic heterocycles. The molecule has 0 aliphatic rings. The largest absolute Gasteiger partial charge is 0.268 e. The summed E-state index contributed by atoms with van der Waals surface area (Å²) in [7, 11) is 0. The second-order valence-electron chi connectivity index (χ2n) is 13.0. The van der Waals surface area contributed by atoms with Crippen LogP contribution < -0.4 is 11.1 Å². The molecule has 4 heteroatoms. The van der Waals surface area contributed by atoms with Gasteiger partial charge in [0.25, 0.3) is 11.1 Å². The molecular weight excluding hydrogens is 701 g/mol. The van der Waals surface area contributed by atoms with E-state index in [0.717, 1.165) is 77.9 Å². The number of hydrogen-bond donors (Lipinski definition) is 0. The average molecular weight is 730 g/mol. The Balaban J connectivity index is 1.49. The molecule has 1 heterocycles. The number of rotatable bonds is 6. The van der Waals surface area contributed by atoms with Crippen molar-refractivity contribution >= 4 is 87.2 Å². The van der Waals surface area contributed by atoms with Crippen LogP contribution in [0, 0.1) is 3.57 Å². The van der Waals surface area contributed by atoms with Crippen LogP contribution in [0.15, 0.2) is 125 Å². The quantitative estimate of drug-likeness (QED) is 0.126. The van der Waals surface area contributed by atoms with Crippen LogP contribution >= 0.6 is 22.6 Å². The van der Waals surface area contributed by atoms with Crippen LogP contribution in [0.25, 0.3) is 92.6 Å². The molecule has 3 nitrogen and oxygen atoms in total. The zero-order chi connectivity index (χ0) is 32.3. The number of nitrogens with zero attached hydrogens (tertiary/aromatic N) is 1. The first-order valence-corrected chi connectivity index (χ1v) is 17.7. The molecule has 9 aromatic carbocycles. The second kappa shape index (κ2) is 10.2. The normalized spacial score (nSPS) is 12.4. The number of hydrogen-bond acceptors (Lipinski definition) is 2. The van der Waals surface area contributed by atoms with Gasteiger partial charge in [-0.15, -0.1) is 0 Å². The third-order valence-electron chi connectivity index (χ3n) is 10.5. The van der Waals surface area contributed by atoms with Crippen LogP contribution in [-0.4, -0.2) is 4.57 Å². The lowest BCUT2D eigenvalue weighted by Crippen LogP contribution is -2.25. The van der Waals surface area contributed by atoms with Crippen LogP contribution in [0.2, 0.25) is 0 Å². The molecule has 0 spiro atoms. The van der Waals surface area contributed by atoms with Gasteiger partial charge in [0.1, 0.15) is 0 Å². The van der Waals surface area contributed by atoms with E-state index >= 15 is 9.59 Å². The minimum Gasteiger partial charge on any atom is -0.268 e. The van der Waals surface area contributed by atoms with Crippen LogP contribution in [0.5, 0.6) is 0 Å². The van der Waals surface area contributed by atoms with Crippen LogP contribution in [0.1, 0.15) is 25.3 Å². The summed E-state index contributed by atoms with van der Waals surface area (Å²) in [6.07, 6.45) is 2.83. The molecule has 0 atom stereocenters. The van der Waals surface area contributed by atoms with E-state index < -0.39 is 0 Å². The molecule has 0 aliphatic carbocycles. The maximum Gasteiger partial charge on any atom is 0.266 e. The van der Waals surface area contributed by atoms with E-state index in [2.05, 4.69) is 121 Å². The highest BCUT2D eigenvalue weighted by Crippen LogP contribution is 2.53. The van der Waals surface area contributed by atoms with Crippen molar-refractivity contribution in [3.05, 3.63) is 145 Å². The van der Waals surface area contributed by atoms with E-state index in [9.17, 15) is 0 Å². The number of halogens is 1. The van der Waals surface area contributed by atoms with E-state index in [1.165, 1.54) is 36.9 Å². The van der Waals surface area contributed by atoms with Gasteiger partial charge in [0, 0.05) is 3.57 Å². The summed E-state index contributed by atoms with van der Waals surface area (Å²) in [6.45, 7) is 2.17. The van der Waals surface area contributed by atoms with Gasteiger partial charge in [-0.2, -0.15) is 0 Å². The SMILES string of the molecule is CCCCc1cccc(I)c1-n1c(=O)c2c3cc(-c4ccccc4)c4ccc5ccc6c(-c7ccccc7)cc(c2c1=O)c1c6c5c4c31. The number of para-hydroxylation sites is 1. The first-order chi connectivity index (χ1) is 23.6. The van der Waals surface area contributed by atoms with E-state index in [0.29, 0.717) is 10.8 Å². The molecule has 0 unspecified atom stereocenters. The Labute approximate surface area is 289 Å². The van der Waals surface area contributed by atoms with Gasteiger partial charge in [0.05, 0.1) is 16.5 Å². The van der Waals surface area contributed by atoms with Gasteiger partial charge in [-0.05, 0) is 135 Å². The monoisotopic (exact) mass is 729 g/mol. The summed E-state index contributed by atoms with van der Waals surface area (Å²) >= 11 is 2.29. The molecule has 0 N–H and O–H groups in total. The third kappa shape index (κ3) is 3.58. The third-order valence-corrected chi connectivity index (χ3v) is 11.4. The van der Waals surface area contributed by atoms with Crippen molar-refractivity contribution in [2.45, 2.75) is 26.2 Å². The average Bonchev–Trinajstić information content (AvgIpc) is 3.62. The van der Waals surface area contributed by atoms with Gasteiger partial charge in [0.15, 0.2) is 0 Å². The molecule has 0 saturated heterocycles. The molecule has 1 aromatic heterocycles. The van der Waals surface area contributed by atoms with Gasteiger partial charge in [0.2, 0.25) is 0 Å². The zero-order valence-corrected chi connectivity index (χ0v) is 28.4. The number of unbranched alkanes of at least 4 members (excludes halogenated alkanes) is 1. The van der Waals surface area contributed by atoms with Crippen LogP contribution in [-0.2, 0) is 6.42 Å². The fourth-order valence-corrected chi connectivity index (χ4v) is 9.28. The molecule has 48 heavy (non-hydrogen) atoms. The number of fused-ring (bicyclic) bond motifs is 3. The van der Waals surface area contributed by atoms with Crippen molar-refractivity contribution in [2.75, 3.05) is 0 Å². The molecule has 0 radical (unpaired) electrons. The Hall–Kier alpha value is -5.07. The molecule has 0 bridgehead atoms.